The van der Waals surface area contributed by atoms with E-state index in [2.05, 4.69) is 37.1 Å². The van der Waals surface area contributed by atoms with E-state index in [0.29, 0.717) is 35.4 Å². The lowest BCUT2D eigenvalue weighted by Crippen LogP contribution is -2.55. The summed E-state index contributed by atoms with van der Waals surface area (Å²) >= 11 is 0. The van der Waals surface area contributed by atoms with Crippen molar-refractivity contribution < 1.29 is 19.1 Å². The predicted molar refractivity (Wildman–Crippen MR) is 176 cm³/mol. The van der Waals surface area contributed by atoms with E-state index in [1.54, 1.807) is 0 Å². The average Bonchev–Trinajstić information content (AvgIpc) is 3.52. The van der Waals surface area contributed by atoms with Gasteiger partial charge in [0.1, 0.15) is 5.82 Å². The van der Waals surface area contributed by atoms with Crippen molar-refractivity contribution in [3.63, 3.8) is 0 Å². The Balaban J connectivity index is 1.12. The SMILES string of the molecule is CC(C)(O)C1CCN(Cc2ccc3nc(NC(=O)c4ccc(F)cc4)n(C4CCC(C(=O)N5C6CCC5CNC6)CC4)c3c2)CC1. The fourth-order valence-electron chi connectivity index (χ4n) is 8.46. The zero-order valence-electron chi connectivity index (χ0n) is 27.1. The van der Waals surface area contributed by atoms with Crippen LogP contribution < -0.4 is 10.6 Å². The largest absolute Gasteiger partial charge is 0.390 e. The van der Waals surface area contributed by atoms with Crippen LogP contribution in [0.3, 0.4) is 0 Å². The van der Waals surface area contributed by atoms with Crippen molar-refractivity contribution in [2.75, 3.05) is 31.5 Å². The molecule has 1 aliphatic carbocycles. The molecular formula is C36H47FN6O3. The summed E-state index contributed by atoms with van der Waals surface area (Å²) in [6.45, 7) is 8.31. The Kier molecular flexibility index (Phi) is 8.63. The molecule has 2 bridgehead atoms. The molecule has 2 unspecified atom stereocenters. The van der Waals surface area contributed by atoms with E-state index in [9.17, 15) is 19.1 Å². The Bertz CT molecular complexity index is 1550. The third-order valence-electron chi connectivity index (χ3n) is 11.1. The second kappa shape index (κ2) is 12.7. The number of anilines is 1. The van der Waals surface area contributed by atoms with Crippen LogP contribution in [-0.2, 0) is 11.3 Å². The zero-order chi connectivity index (χ0) is 32.0. The van der Waals surface area contributed by atoms with Crippen molar-refractivity contribution in [2.24, 2.45) is 11.8 Å². The molecule has 2 atom stereocenters. The van der Waals surface area contributed by atoms with Crippen molar-refractivity contribution in [3.8, 4) is 0 Å². The summed E-state index contributed by atoms with van der Waals surface area (Å²) in [4.78, 5) is 36.5. The highest BCUT2D eigenvalue weighted by Gasteiger charge is 2.42. The number of rotatable bonds is 7. The highest BCUT2D eigenvalue weighted by molar-refractivity contribution is 6.04. The van der Waals surface area contributed by atoms with Gasteiger partial charge < -0.3 is 19.9 Å². The topological polar surface area (TPSA) is 103 Å². The molecule has 3 aromatic rings. The van der Waals surface area contributed by atoms with Gasteiger partial charge >= 0.3 is 0 Å². The average molecular weight is 631 g/mol. The molecule has 4 aliphatic rings. The highest BCUT2D eigenvalue weighted by atomic mass is 19.1. The fourth-order valence-corrected chi connectivity index (χ4v) is 8.46. The van der Waals surface area contributed by atoms with Crippen molar-refractivity contribution in [1.29, 1.82) is 0 Å². The van der Waals surface area contributed by atoms with Gasteiger partial charge in [0.05, 0.1) is 16.6 Å². The Morgan fingerprint density at radius 1 is 0.935 bits per heavy atom. The van der Waals surface area contributed by atoms with Crippen molar-refractivity contribution >= 4 is 28.8 Å². The van der Waals surface area contributed by atoms with E-state index in [-0.39, 0.29) is 23.7 Å². The molecule has 9 nitrogen and oxygen atoms in total. The third-order valence-corrected chi connectivity index (χ3v) is 11.1. The number of carbonyl (C=O) groups is 2. The Morgan fingerprint density at radius 2 is 1.59 bits per heavy atom. The molecule has 1 saturated carbocycles. The lowest BCUT2D eigenvalue weighted by molar-refractivity contribution is -0.140. The standard InChI is InChI=1S/C36H47FN6O3/c1-36(2,46)26-15-17-41(18-16-26)22-23-3-14-31-32(19-23)43(35(39-31)40-33(44)24-4-8-27(37)9-5-24)28-10-6-25(7-11-28)34(45)42-29-12-13-30(42)21-38-20-29/h3-5,8-9,14,19,25-26,28-30,38,46H,6-7,10-13,15-18,20-22H2,1-2H3,(H,39,40,44). The molecule has 246 valence electrons. The van der Waals surface area contributed by atoms with Crippen LogP contribution in [0.15, 0.2) is 42.5 Å². The normalized spacial score (nSPS) is 26.0. The number of nitrogens with zero attached hydrogens (tertiary/aromatic N) is 4. The summed E-state index contributed by atoms with van der Waals surface area (Å²) in [5.74, 6) is 0.437. The van der Waals surface area contributed by atoms with Gasteiger partial charge in [-0.25, -0.2) is 9.37 Å². The van der Waals surface area contributed by atoms with E-state index in [4.69, 9.17) is 4.98 Å². The van der Waals surface area contributed by atoms with Gasteiger partial charge in [0.15, 0.2) is 0 Å². The Morgan fingerprint density at radius 3 is 2.24 bits per heavy atom. The van der Waals surface area contributed by atoms with Crippen molar-refractivity contribution in [2.45, 2.75) is 95.5 Å². The molecule has 1 aromatic heterocycles. The van der Waals surface area contributed by atoms with Crippen LogP contribution in [0.5, 0.6) is 0 Å². The second-order valence-corrected chi connectivity index (χ2v) is 14.6. The van der Waals surface area contributed by atoms with Crippen LogP contribution in [0.1, 0.15) is 87.2 Å². The number of halogens is 1. The number of benzene rings is 2. The van der Waals surface area contributed by atoms with Crippen molar-refractivity contribution in [3.05, 3.63) is 59.4 Å². The van der Waals surface area contributed by atoms with Gasteiger partial charge in [-0.3, -0.25) is 19.8 Å². The van der Waals surface area contributed by atoms with Crippen LogP contribution in [0, 0.1) is 17.7 Å². The van der Waals surface area contributed by atoms with Crippen LogP contribution >= 0.6 is 0 Å². The van der Waals surface area contributed by atoms with Gasteiger partial charge in [-0.15, -0.1) is 0 Å². The quantitative estimate of drug-likeness (QED) is 0.336. The molecule has 10 heteroatoms. The second-order valence-electron chi connectivity index (χ2n) is 14.6. The van der Waals surface area contributed by atoms with Crippen LogP contribution in [0.4, 0.5) is 10.3 Å². The monoisotopic (exact) mass is 630 g/mol. The molecule has 0 radical (unpaired) electrons. The lowest BCUT2D eigenvalue weighted by atomic mass is 9.83. The summed E-state index contributed by atoms with van der Waals surface area (Å²) in [5.41, 5.74) is 2.70. The zero-order valence-corrected chi connectivity index (χ0v) is 27.1. The highest BCUT2D eigenvalue weighted by Crippen LogP contribution is 2.40. The molecular weight excluding hydrogens is 583 g/mol. The fraction of sp³-hybridized carbons (Fsp3) is 0.583. The molecule has 3 saturated heterocycles. The summed E-state index contributed by atoms with van der Waals surface area (Å²) in [6.07, 6.45) is 7.42. The smallest absolute Gasteiger partial charge is 0.257 e. The molecule has 3 N–H and O–H groups in total. The van der Waals surface area contributed by atoms with Crippen LogP contribution in [0.2, 0.25) is 0 Å². The first kappa shape index (κ1) is 31.3. The van der Waals surface area contributed by atoms with Crippen molar-refractivity contribution in [1.82, 2.24) is 24.7 Å². The number of nitrogens with one attached hydrogen (secondary N) is 2. The van der Waals surface area contributed by atoms with E-state index in [1.807, 2.05) is 19.9 Å². The number of carbonyl (C=O) groups excluding carboxylic acids is 2. The Hall–Kier alpha value is -3.34. The summed E-state index contributed by atoms with van der Waals surface area (Å²) in [6, 6.07) is 12.6. The number of piperidine rings is 1. The number of aromatic nitrogens is 2. The first-order chi connectivity index (χ1) is 22.1. The van der Waals surface area contributed by atoms with Crippen LogP contribution in [-0.4, -0.2) is 80.1 Å². The minimum Gasteiger partial charge on any atom is -0.390 e. The van der Waals surface area contributed by atoms with Gasteiger partial charge in [0, 0.05) is 49.2 Å². The lowest BCUT2D eigenvalue weighted by Gasteiger charge is -2.39. The van der Waals surface area contributed by atoms with Gasteiger partial charge in [0.25, 0.3) is 5.91 Å². The third kappa shape index (κ3) is 6.31. The van der Waals surface area contributed by atoms with Crippen LogP contribution in [0.25, 0.3) is 11.0 Å². The number of amides is 2. The number of likely N-dealkylation sites (tertiary alicyclic amines) is 1. The number of piperazine rings is 1. The summed E-state index contributed by atoms with van der Waals surface area (Å²) in [5, 5.41) is 17.0. The van der Waals surface area contributed by atoms with E-state index >= 15 is 0 Å². The number of hydrogen-bond acceptors (Lipinski definition) is 6. The molecule has 7 rings (SSSR count). The minimum atomic E-state index is -0.652. The first-order valence-corrected chi connectivity index (χ1v) is 17.2. The summed E-state index contributed by atoms with van der Waals surface area (Å²) in [7, 11) is 0. The molecule has 46 heavy (non-hydrogen) atoms. The molecule has 3 aliphatic heterocycles. The maximum atomic E-state index is 13.7. The first-order valence-electron chi connectivity index (χ1n) is 17.2. The Labute approximate surface area is 270 Å². The molecule has 4 heterocycles. The molecule has 0 spiro atoms. The maximum Gasteiger partial charge on any atom is 0.257 e. The van der Waals surface area contributed by atoms with Gasteiger partial charge in [-0.1, -0.05) is 6.07 Å². The maximum absolute atomic E-state index is 13.7. The number of imidazole rings is 1. The van der Waals surface area contributed by atoms with E-state index in [0.717, 1.165) is 95.1 Å². The predicted octanol–water partition coefficient (Wildman–Crippen LogP) is 5.10. The summed E-state index contributed by atoms with van der Waals surface area (Å²) < 4.78 is 15.7. The van der Waals surface area contributed by atoms with Gasteiger partial charge in [0.2, 0.25) is 11.9 Å². The number of fused-ring (bicyclic) bond motifs is 3. The van der Waals surface area contributed by atoms with E-state index < -0.39 is 5.60 Å². The number of aliphatic hydroxyl groups is 1. The van der Waals surface area contributed by atoms with Gasteiger partial charge in [-0.2, -0.15) is 0 Å². The minimum absolute atomic E-state index is 0.0341. The molecule has 2 amide bonds. The molecule has 4 fully saturated rings. The van der Waals surface area contributed by atoms with Gasteiger partial charge in [-0.05, 0) is 126 Å². The molecule has 2 aromatic carbocycles. The number of hydrogen-bond donors (Lipinski definition) is 3. The van der Waals surface area contributed by atoms with E-state index in [1.165, 1.54) is 29.8 Å².